The van der Waals surface area contributed by atoms with E-state index in [0.717, 1.165) is 19.5 Å². The predicted octanol–water partition coefficient (Wildman–Crippen LogP) is 1.31. The molecule has 0 radical (unpaired) electrons. The second-order valence-corrected chi connectivity index (χ2v) is 7.75. The van der Waals surface area contributed by atoms with E-state index < -0.39 is 14.6 Å². The summed E-state index contributed by atoms with van der Waals surface area (Å²) in [5.41, 5.74) is 1.26. The van der Waals surface area contributed by atoms with Gasteiger partial charge in [-0.25, -0.2) is 8.42 Å². The summed E-state index contributed by atoms with van der Waals surface area (Å²) in [5, 5.41) is 0. The fourth-order valence-electron chi connectivity index (χ4n) is 3.07. The molecule has 1 aromatic rings. The number of piperidine rings is 1. The molecule has 1 saturated heterocycles. The summed E-state index contributed by atoms with van der Waals surface area (Å²) in [6.07, 6.45) is 2.26. The SMILES string of the molecule is CS(=O)(=O)C12CC1CN(Cc1ccccc1)C2. The highest BCUT2D eigenvalue weighted by molar-refractivity contribution is 7.92. The monoisotopic (exact) mass is 251 g/mol. The summed E-state index contributed by atoms with van der Waals surface area (Å²) in [4.78, 5) is 2.27. The molecule has 0 aromatic heterocycles. The molecular weight excluding hydrogens is 234 g/mol. The molecular formula is C13H17NO2S. The summed E-state index contributed by atoms with van der Waals surface area (Å²) in [6, 6.07) is 10.2. The molecule has 92 valence electrons. The largest absolute Gasteiger partial charge is 0.297 e. The second kappa shape index (κ2) is 3.56. The summed E-state index contributed by atoms with van der Waals surface area (Å²) in [6.45, 7) is 2.52. The van der Waals surface area contributed by atoms with E-state index in [2.05, 4.69) is 17.0 Å². The molecule has 0 bridgehead atoms. The lowest BCUT2D eigenvalue weighted by Crippen LogP contribution is -2.32. The van der Waals surface area contributed by atoms with Crippen LogP contribution < -0.4 is 0 Å². The van der Waals surface area contributed by atoms with Crippen molar-refractivity contribution in [1.82, 2.24) is 4.90 Å². The zero-order chi connectivity index (χ0) is 12.1. The van der Waals surface area contributed by atoms with Gasteiger partial charge in [-0.15, -0.1) is 0 Å². The van der Waals surface area contributed by atoms with Gasteiger partial charge in [-0.3, -0.25) is 4.90 Å². The van der Waals surface area contributed by atoms with Crippen molar-refractivity contribution in [1.29, 1.82) is 0 Å². The Bertz CT molecular complexity index is 526. The van der Waals surface area contributed by atoms with Crippen LogP contribution in [0.25, 0.3) is 0 Å². The van der Waals surface area contributed by atoms with E-state index in [9.17, 15) is 8.42 Å². The first-order valence-electron chi connectivity index (χ1n) is 5.97. The predicted molar refractivity (Wildman–Crippen MR) is 67.4 cm³/mol. The zero-order valence-electron chi connectivity index (χ0n) is 9.96. The van der Waals surface area contributed by atoms with Crippen LogP contribution in [0.4, 0.5) is 0 Å². The normalized spacial score (nSPS) is 32.4. The Morgan fingerprint density at radius 1 is 1.35 bits per heavy atom. The highest BCUT2D eigenvalue weighted by Gasteiger charge is 2.66. The third-order valence-corrected chi connectivity index (χ3v) is 6.24. The van der Waals surface area contributed by atoms with Gasteiger partial charge >= 0.3 is 0 Å². The van der Waals surface area contributed by atoms with E-state index in [4.69, 9.17) is 0 Å². The Balaban J connectivity index is 1.71. The summed E-state index contributed by atoms with van der Waals surface area (Å²) in [7, 11) is -2.89. The maximum Gasteiger partial charge on any atom is 0.154 e. The molecule has 2 atom stereocenters. The molecule has 1 aliphatic carbocycles. The van der Waals surface area contributed by atoms with Crippen LogP contribution in [0.5, 0.6) is 0 Å². The molecule has 0 amide bonds. The Morgan fingerprint density at radius 2 is 2.06 bits per heavy atom. The topological polar surface area (TPSA) is 37.4 Å². The Kier molecular flexibility index (Phi) is 2.35. The van der Waals surface area contributed by atoms with Crippen LogP contribution in [0.2, 0.25) is 0 Å². The molecule has 1 saturated carbocycles. The highest BCUT2D eigenvalue weighted by Crippen LogP contribution is 2.55. The Morgan fingerprint density at radius 3 is 2.65 bits per heavy atom. The van der Waals surface area contributed by atoms with Crippen LogP contribution in [-0.2, 0) is 16.4 Å². The van der Waals surface area contributed by atoms with Gasteiger partial charge in [-0.1, -0.05) is 30.3 Å². The minimum absolute atomic E-state index is 0.376. The lowest BCUT2D eigenvalue weighted by atomic mass is 10.2. The van der Waals surface area contributed by atoms with Crippen LogP contribution in [0.15, 0.2) is 30.3 Å². The van der Waals surface area contributed by atoms with Crippen molar-refractivity contribution in [3.8, 4) is 0 Å². The number of benzene rings is 1. The molecule has 2 fully saturated rings. The number of hydrogen-bond acceptors (Lipinski definition) is 3. The number of hydrogen-bond donors (Lipinski definition) is 0. The van der Waals surface area contributed by atoms with Gasteiger partial charge < -0.3 is 0 Å². The van der Waals surface area contributed by atoms with Gasteiger partial charge in [0.15, 0.2) is 9.84 Å². The van der Waals surface area contributed by atoms with E-state index in [-0.39, 0.29) is 0 Å². The number of rotatable bonds is 3. The van der Waals surface area contributed by atoms with Gasteiger partial charge in [-0.2, -0.15) is 0 Å². The molecule has 0 spiro atoms. The van der Waals surface area contributed by atoms with Crippen molar-refractivity contribution >= 4 is 9.84 Å². The van der Waals surface area contributed by atoms with Gasteiger partial charge in [-0.05, 0) is 17.9 Å². The molecule has 2 unspecified atom stereocenters. The molecule has 3 rings (SSSR count). The van der Waals surface area contributed by atoms with Crippen molar-refractivity contribution in [2.45, 2.75) is 17.7 Å². The van der Waals surface area contributed by atoms with Crippen LogP contribution in [0.3, 0.4) is 0 Å². The van der Waals surface area contributed by atoms with Crippen molar-refractivity contribution in [2.75, 3.05) is 19.3 Å². The molecule has 3 nitrogen and oxygen atoms in total. The van der Waals surface area contributed by atoms with E-state index in [1.165, 1.54) is 11.8 Å². The lowest BCUT2D eigenvalue weighted by Gasteiger charge is -2.19. The third kappa shape index (κ3) is 1.79. The van der Waals surface area contributed by atoms with E-state index in [1.807, 2.05) is 18.2 Å². The Labute approximate surface area is 102 Å². The smallest absolute Gasteiger partial charge is 0.154 e. The van der Waals surface area contributed by atoms with E-state index >= 15 is 0 Å². The average molecular weight is 251 g/mol. The summed E-state index contributed by atoms with van der Waals surface area (Å²) >= 11 is 0. The first kappa shape index (κ1) is 11.2. The minimum Gasteiger partial charge on any atom is -0.297 e. The first-order chi connectivity index (χ1) is 8.01. The van der Waals surface area contributed by atoms with Crippen LogP contribution in [0.1, 0.15) is 12.0 Å². The summed E-state index contributed by atoms with van der Waals surface area (Å²) in [5.74, 6) is 0.376. The third-order valence-electron chi connectivity index (χ3n) is 4.13. The molecule has 4 heteroatoms. The van der Waals surface area contributed by atoms with E-state index in [0.29, 0.717) is 12.5 Å². The van der Waals surface area contributed by atoms with Crippen LogP contribution in [-0.4, -0.2) is 37.4 Å². The average Bonchev–Trinajstić information content (AvgIpc) is 2.84. The van der Waals surface area contributed by atoms with Gasteiger partial charge in [0, 0.05) is 25.9 Å². The molecule has 0 N–H and O–H groups in total. The maximum atomic E-state index is 11.8. The minimum atomic E-state index is -2.89. The van der Waals surface area contributed by atoms with Gasteiger partial charge in [0.25, 0.3) is 0 Å². The maximum absolute atomic E-state index is 11.8. The number of likely N-dealkylation sites (tertiary alicyclic amines) is 1. The molecule has 1 aliphatic heterocycles. The van der Waals surface area contributed by atoms with Crippen LogP contribution >= 0.6 is 0 Å². The second-order valence-electron chi connectivity index (χ2n) is 5.39. The molecule has 1 heterocycles. The molecule has 17 heavy (non-hydrogen) atoms. The zero-order valence-corrected chi connectivity index (χ0v) is 10.8. The van der Waals surface area contributed by atoms with Crippen molar-refractivity contribution < 1.29 is 8.42 Å². The van der Waals surface area contributed by atoms with E-state index in [1.54, 1.807) is 0 Å². The highest BCUT2D eigenvalue weighted by atomic mass is 32.2. The summed E-state index contributed by atoms with van der Waals surface area (Å²) < 4.78 is 23.1. The fraction of sp³-hybridized carbons (Fsp3) is 0.538. The number of fused-ring (bicyclic) bond motifs is 1. The first-order valence-corrected chi connectivity index (χ1v) is 7.86. The van der Waals surface area contributed by atoms with Crippen LogP contribution in [0, 0.1) is 5.92 Å². The lowest BCUT2D eigenvalue weighted by molar-refractivity contribution is 0.299. The standard InChI is InChI=1S/C13H17NO2S/c1-17(15,16)13-7-12(13)9-14(10-13)8-11-5-3-2-4-6-11/h2-6,12H,7-10H2,1H3. The van der Waals surface area contributed by atoms with Crippen molar-refractivity contribution in [3.63, 3.8) is 0 Å². The van der Waals surface area contributed by atoms with Gasteiger partial charge in [0.2, 0.25) is 0 Å². The van der Waals surface area contributed by atoms with Crippen molar-refractivity contribution in [3.05, 3.63) is 35.9 Å². The number of sulfone groups is 1. The number of nitrogens with zero attached hydrogens (tertiary/aromatic N) is 1. The molecule has 1 aromatic carbocycles. The quantitative estimate of drug-likeness (QED) is 0.813. The fourth-order valence-corrected chi connectivity index (χ4v) is 4.67. The van der Waals surface area contributed by atoms with Gasteiger partial charge in [0.1, 0.15) is 0 Å². The van der Waals surface area contributed by atoms with Gasteiger partial charge in [0.05, 0.1) is 4.75 Å². The Hall–Kier alpha value is -0.870. The molecule has 2 aliphatic rings. The van der Waals surface area contributed by atoms with Crippen molar-refractivity contribution in [2.24, 2.45) is 5.92 Å².